The summed E-state index contributed by atoms with van der Waals surface area (Å²) in [6.07, 6.45) is 25.3. The minimum absolute atomic E-state index is 0.592. The molecule has 4 rings (SSSR count). The third-order valence-corrected chi connectivity index (χ3v) is 6.36. The maximum absolute atomic E-state index is 2.73. The van der Waals surface area contributed by atoms with E-state index in [4.69, 9.17) is 0 Å². The second-order valence-corrected chi connectivity index (χ2v) is 7.20. The van der Waals surface area contributed by atoms with E-state index in [1.165, 1.54) is 57.8 Å². The Morgan fingerprint density at radius 1 is 0.947 bits per heavy atom. The van der Waals surface area contributed by atoms with Crippen LogP contribution in [0.25, 0.3) is 0 Å². The molecule has 0 aromatic heterocycles. The molecule has 0 saturated heterocycles. The van der Waals surface area contributed by atoms with Crippen LogP contribution < -0.4 is 0 Å². The minimum Gasteiger partial charge on any atom is -0.0882 e. The lowest BCUT2D eigenvalue weighted by molar-refractivity contribution is 0.254. The van der Waals surface area contributed by atoms with Gasteiger partial charge in [0.05, 0.1) is 0 Å². The molecule has 0 heteroatoms. The van der Waals surface area contributed by atoms with E-state index in [1.54, 1.807) is 0 Å². The van der Waals surface area contributed by atoms with E-state index in [9.17, 15) is 0 Å². The van der Waals surface area contributed by atoms with Crippen molar-refractivity contribution in [1.29, 1.82) is 0 Å². The van der Waals surface area contributed by atoms with Crippen LogP contribution >= 0.6 is 0 Å². The summed E-state index contributed by atoms with van der Waals surface area (Å²) in [6, 6.07) is 0. The van der Waals surface area contributed by atoms with E-state index in [-0.39, 0.29) is 0 Å². The molecule has 0 N–H and O–H groups in total. The van der Waals surface area contributed by atoms with Gasteiger partial charge in [0.25, 0.3) is 0 Å². The Kier molecular flexibility index (Phi) is 2.94. The number of rotatable bonds is 3. The zero-order chi connectivity index (χ0) is 12.7. The van der Waals surface area contributed by atoms with Crippen molar-refractivity contribution in [2.75, 3.05) is 0 Å². The molecule has 0 aromatic carbocycles. The van der Waals surface area contributed by atoms with Crippen molar-refractivity contribution in [3.63, 3.8) is 0 Å². The summed E-state index contributed by atoms with van der Waals surface area (Å²) >= 11 is 0. The summed E-state index contributed by atoms with van der Waals surface area (Å²) in [5, 5.41) is 0. The van der Waals surface area contributed by atoms with Gasteiger partial charge in [-0.25, -0.2) is 0 Å². The van der Waals surface area contributed by atoms with E-state index < -0.39 is 0 Å². The Labute approximate surface area is 117 Å². The fraction of sp³-hybridized carbons (Fsp3) is 0.684. The zero-order valence-corrected chi connectivity index (χ0v) is 12.0. The molecule has 0 radical (unpaired) electrons. The molecule has 19 heavy (non-hydrogen) atoms. The molecule has 0 amide bonds. The van der Waals surface area contributed by atoms with Crippen molar-refractivity contribution in [1.82, 2.24) is 0 Å². The van der Waals surface area contributed by atoms with Gasteiger partial charge in [-0.05, 0) is 68.1 Å². The van der Waals surface area contributed by atoms with Gasteiger partial charge < -0.3 is 0 Å². The summed E-state index contributed by atoms with van der Waals surface area (Å²) < 4.78 is 0. The molecule has 1 saturated carbocycles. The molecule has 4 aliphatic rings. The molecule has 0 aliphatic heterocycles. The van der Waals surface area contributed by atoms with Gasteiger partial charge in [0.15, 0.2) is 0 Å². The lowest BCUT2D eigenvalue weighted by atomic mass is 9.68. The maximum Gasteiger partial charge on any atom is -0.00252 e. The first kappa shape index (κ1) is 12.0. The molecule has 0 aromatic rings. The van der Waals surface area contributed by atoms with Crippen molar-refractivity contribution in [3.05, 3.63) is 36.0 Å². The van der Waals surface area contributed by atoms with Crippen LogP contribution in [0.5, 0.6) is 0 Å². The van der Waals surface area contributed by atoms with Crippen LogP contribution in [0.3, 0.4) is 0 Å². The van der Waals surface area contributed by atoms with Crippen LogP contribution in [0.15, 0.2) is 36.0 Å². The Bertz CT molecular complexity index is 431. The molecule has 0 nitrogen and oxygen atoms in total. The molecule has 0 bridgehead atoms. The van der Waals surface area contributed by atoms with Gasteiger partial charge in [-0.2, -0.15) is 0 Å². The van der Waals surface area contributed by atoms with E-state index in [1.807, 2.05) is 5.57 Å². The third kappa shape index (κ3) is 1.87. The quantitative estimate of drug-likeness (QED) is 0.589. The van der Waals surface area contributed by atoms with Gasteiger partial charge in [0.2, 0.25) is 0 Å². The van der Waals surface area contributed by atoms with Gasteiger partial charge in [0.1, 0.15) is 0 Å². The average Bonchev–Trinajstić information content (AvgIpc) is 3.09. The molecule has 3 atom stereocenters. The van der Waals surface area contributed by atoms with Crippen molar-refractivity contribution in [2.24, 2.45) is 23.2 Å². The topological polar surface area (TPSA) is 0 Å². The summed E-state index contributed by atoms with van der Waals surface area (Å²) in [5.41, 5.74) is 2.46. The highest BCUT2D eigenvalue weighted by Crippen LogP contribution is 2.57. The average molecular weight is 254 g/mol. The van der Waals surface area contributed by atoms with E-state index in [2.05, 4.69) is 30.4 Å². The largest absolute Gasteiger partial charge is 0.0882 e. The Balaban J connectivity index is 1.60. The van der Waals surface area contributed by atoms with Gasteiger partial charge in [-0.3, -0.25) is 0 Å². The van der Waals surface area contributed by atoms with E-state index in [0.29, 0.717) is 5.41 Å². The fourth-order valence-electron chi connectivity index (χ4n) is 5.14. The van der Waals surface area contributed by atoms with Crippen LogP contribution in [-0.4, -0.2) is 0 Å². The standard InChI is InChI=1S/C19H26/c1-2-9-17(8-1)19(12-3-4-13-19)18-11-10-16(14-18)15-6-5-7-15/h1,5-6,8,14-17H,2-4,7,9-13H2. The Hall–Kier alpha value is -0.780. The SMILES string of the molecule is C1=CC(C2(C3=CC(C4C=CC4)CC3)CCCC2)CC1. The second kappa shape index (κ2) is 4.65. The first-order valence-corrected chi connectivity index (χ1v) is 8.43. The van der Waals surface area contributed by atoms with Crippen LogP contribution in [0.2, 0.25) is 0 Å². The van der Waals surface area contributed by atoms with Gasteiger partial charge in [0, 0.05) is 0 Å². The summed E-state index contributed by atoms with van der Waals surface area (Å²) in [5.74, 6) is 2.63. The van der Waals surface area contributed by atoms with Gasteiger partial charge in [-0.15, -0.1) is 0 Å². The van der Waals surface area contributed by atoms with E-state index in [0.717, 1.165) is 17.8 Å². The first-order chi connectivity index (χ1) is 9.38. The molecule has 1 fully saturated rings. The molecular formula is C19H26. The fourth-order valence-corrected chi connectivity index (χ4v) is 5.14. The smallest absolute Gasteiger partial charge is 0.00252 e. The Morgan fingerprint density at radius 3 is 2.42 bits per heavy atom. The first-order valence-electron chi connectivity index (χ1n) is 8.43. The predicted molar refractivity (Wildman–Crippen MR) is 80.8 cm³/mol. The van der Waals surface area contributed by atoms with Crippen LogP contribution in [0, 0.1) is 23.2 Å². The second-order valence-electron chi connectivity index (χ2n) is 7.20. The summed E-state index contributed by atoms with van der Waals surface area (Å²) in [6.45, 7) is 0. The molecule has 0 heterocycles. The molecule has 0 spiro atoms. The summed E-state index contributed by atoms with van der Waals surface area (Å²) in [4.78, 5) is 0. The van der Waals surface area contributed by atoms with Crippen LogP contribution in [0.4, 0.5) is 0 Å². The highest BCUT2D eigenvalue weighted by Gasteiger charge is 2.45. The minimum atomic E-state index is 0.592. The number of hydrogen-bond donors (Lipinski definition) is 0. The lowest BCUT2D eigenvalue weighted by Gasteiger charge is -2.36. The molecular weight excluding hydrogens is 228 g/mol. The zero-order valence-electron chi connectivity index (χ0n) is 12.0. The van der Waals surface area contributed by atoms with E-state index >= 15 is 0 Å². The molecule has 3 unspecified atom stereocenters. The highest BCUT2D eigenvalue weighted by atomic mass is 14.5. The van der Waals surface area contributed by atoms with Crippen LogP contribution in [-0.2, 0) is 0 Å². The Morgan fingerprint density at radius 2 is 1.79 bits per heavy atom. The number of hydrogen-bond acceptors (Lipinski definition) is 0. The van der Waals surface area contributed by atoms with Crippen molar-refractivity contribution < 1.29 is 0 Å². The lowest BCUT2D eigenvalue weighted by Crippen LogP contribution is -2.27. The molecule has 4 aliphatic carbocycles. The van der Waals surface area contributed by atoms with Gasteiger partial charge in [-0.1, -0.05) is 48.8 Å². The third-order valence-electron chi connectivity index (χ3n) is 6.36. The monoisotopic (exact) mass is 254 g/mol. The predicted octanol–water partition coefficient (Wildman–Crippen LogP) is 5.43. The molecule has 102 valence electrons. The number of allylic oxidation sites excluding steroid dienone is 6. The summed E-state index contributed by atoms with van der Waals surface area (Å²) in [7, 11) is 0. The maximum atomic E-state index is 2.73. The van der Waals surface area contributed by atoms with Crippen molar-refractivity contribution in [3.8, 4) is 0 Å². The van der Waals surface area contributed by atoms with Crippen LogP contribution in [0.1, 0.15) is 57.8 Å². The normalized spacial score (nSPS) is 39.6. The van der Waals surface area contributed by atoms with Crippen molar-refractivity contribution >= 4 is 0 Å². The van der Waals surface area contributed by atoms with Crippen molar-refractivity contribution in [2.45, 2.75) is 57.8 Å². The van der Waals surface area contributed by atoms with Gasteiger partial charge >= 0.3 is 0 Å². The highest BCUT2D eigenvalue weighted by molar-refractivity contribution is 5.28.